The number of carbonyl (C=O) groups excluding carboxylic acids is 1. The van der Waals surface area contributed by atoms with Gasteiger partial charge in [-0.05, 0) is 67.0 Å². The van der Waals surface area contributed by atoms with Crippen molar-refractivity contribution in [3.05, 3.63) is 112 Å². The number of rotatable bonds is 5. The number of aromatic hydroxyl groups is 1. The number of allylic oxidation sites excluding steroid dienone is 4. The summed E-state index contributed by atoms with van der Waals surface area (Å²) in [5, 5.41) is 24.4. The van der Waals surface area contributed by atoms with Crippen LogP contribution >= 0.6 is 0 Å². The van der Waals surface area contributed by atoms with Gasteiger partial charge in [-0.25, -0.2) is 18.0 Å². The Kier molecular flexibility index (Phi) is 8.04. The third kappa shape index (κ3) is 6.06. The van der Waals surface area contributed by atoms with Gasteiger partial charge < -0.3 is 10.2 Å². The molecule has 1 amide bonds. The van der Waals surface area contributed by atoms with Crippen LogP contribution in [0, 0.1) is 25.5 Å². The molecule has 0 aromatic heterocycles. The number of amides is 1. The average Bonchev–Trinajstić information content (AvgIpc) is 3.16. The minimum atomic E-state index is -4.76. The van der Waals surface area contributed by atoms with Crippen LogP contribution in [-0.4, -0.2) is 27.8 Å². The fourth-order valence-electron chi connectivity index (χ4n) is 5.08. The number of alkyl halides is 3. The summed E-state index contributed by atoms with van der Waals surface area (Å²) in [6.07, 6.45) is -1.99. The van der Waals surface area contributed by atoms with Crippen LogP contribution in [0.25, 0.3) is 5.57 Å². The van der Waals surface area contributed by atoms with E-state index in [2.05, 4.69) is 10.5 Å². The van der Waals surface area contributed by atoms with E-state index in [-0.39, 0.29) is 57.0 Å². The van der Waals surface area contributed by atoms with Crippen molar-refractivity contribution >= 4 is 40.2 Å². The molecular formula is C32H23F6N3O4. The summed E-state index contributed by atoms with van der Waals surface area (Å²) in [5.41, 5.74) is 0.543. The molecule has 2 aliphatic rings. The van der Waals surface area contributed by atoms with Crippen molar-refractivity contribution < 1.29 is 46.1 Å². The SMILES string of the molecule is Cc1cc(N2C(=O)C/C(=N\Nc3cc(F)cc(C4=CC(C(=O)O)=C(F)CC=C4)c3O)c3ccc(C(F)(F)F)cc32)cc(C)c1F. The highest BCUT2D eigenvalue weighted by Crippen LogP contribution is 2.41. The Hall–Kier alpha value is -5.33. The number of carboxylic acid groups (broad SMARTS) is 1. The number of hydrogen-bond acceptors (Lipinski definition) is 5. The zero-order valence-electron chi connectivity index (χ0n) is 23.6. The average molecular weight is 628 g/mol. The molecule has 0 unspecified atom stereocenters. The van der Waals surface area contributed by atoms with E-state index < -0.39 is 58.8 Å². The third-order valence-electron chi connectivity index (χ3n) is 7.24. The Bertz CT molecular complexity index is 1870. The molecule has 13 heteroatoms. The highest BCUT2D eigenvalue weighted by Gasteiger charge is 2.36. The number of phenols is 1. The number of halogens is 6. The van der Waals surface area contributed by atoms with E-state index in [1.54, 1.807) is 0 Å². The molecule has 0 radical (unpaired) electrons. The lowest BCUT2D eigenvalue weighted by atomic mass is 9.95. The van der Waals surface area contributed by atoms with Gasteiger partial charge in [0, 0.05) is 29.3 Å². The maximum absolute atomic E-state index is 14.7. The molecule has 1 aliphatic heterocycles. The molecule has 0 saturated carbocycles. The summed E-state index contributed by atoms with van der Waals surface area (Å²) >= 11 is 0. The first-order valence-electron chi connectivity index (χ1n) is 13.3. The van der Waals surface area contributed by atoms with Crippen LogP contribution < -0.4 is 10.3 Å². The van der Waals surface area contributed by atoms with Gasteiger partial charge in [-0.1, -0.05) is 18.2 Å². The molecule has 5 rings (SSSR count). The highest BCUT2D eigenvalue weighted by molar-refractivity contribution is 6.24. The normalized spacial score (nSPS) is 16.1. The maximum Gasteiger partial charge on any atom is 0.416 e. The summed E-state index contributed by atoms with van der Waals surface area (Å²) < 4.78 is 84.3. The molecule has 7 nitrogen and oxygen atoms in total. The maximum atomic E-state index is 14.7. The van der Waals surface area contributed by atoms with E-state index in [1.807, 2.05) is 0 Å². The standard InChI is InChI=1S/C32H23F6N3O4/c1-15-8-20(9-16(2)29(15)35)41-27-11-18(32(36,37)38)6-7-21(27)25(14-28(41)42)39-40-26-13-19(33)12-22(30(26)43)17-4-3-5-24(34)23(10-17)31(44)45/h3-4,6-13,40,43H,5,14H2,1-2H3,(H,44,45)/b39-25+. The van der Waals surface area contributed by atoms with Gasteiger partial charge >= 0.3 is 12.1 Å². The summed E-state index contributed by atoms with van der Waals surface area (Å²) in [5.74, 6) is -5.22. The number of anilines is 3. The van der Waals surface area contributed by atoms with Gasteiger partial charge in [0.05, 0.1) is 29.0 Å². The van der Waals surface area contributed by atoms with Gasteiger partial charge in [0.1, 0.15) is 28.9 Å². The lowest BCUT2D eigenvalue weighted by Crippen LogP contribution is -2.35. The van der Waals surface area contributed by atoms with Gasteiger partial charge in [-0.15, -0.1) is 0 Å². The van der Waals surface area contributed by atoms with Crippen molar-refractivity contribution in [3.63, 3.8) is 0 Å². The number of phenolic OH excluding ortho intramolecular Hbond substituents is 1. The summed E-state index contributed by atoms with van der Waals surface area (Å²) in [6.45, 7) is 2.92. The topological polar surface area (TPSA) is 102 Å². The number of carboxylic acids is 1. The molecule has 1 heterocycles. The Labute approximate surface area is 252 Å². The van der Waals surface area contributed by atoms with Crippen molar-refractivity contribution in [1.82, 2.24) is 0 Å². The Morgan fingerprint density at radius 3 is 2.33 bits per heavy atom. The van der Waals surface area contributed by atoms with Crippen LogP contribution in [0.5, 0.6) is 5.75 Å². The van der Waals surface area contributed by atoms with Crippen molar-refractivity contribution in [3.8, 4) is 5.75 Å². The molecule has 0 bridgehead atoms. The first-order chi connectivity index (χ1) is 21.1. The van der Waals surface area contributed by atoms with Gasteiger partial charge in [-0.3, -0.25) is 15.1 Å². The number of benzene rings is 3. The second kappa shape index (κ2) is 11.6. The molecule has 3 aromatic rings. The molecule has 0 spiro atoms. The second-order valence-electron chi connectivity index (χ2n) is 10.4. The number of hydrogen-bond donors (Lipinski definition) is 3. The molecular weight excluding hydrogens is 604 g/mol. The van der Waals surface area contributed by atoms with Crippen molar-refractivity contribution in [1.29, 1.82) is 0 Å². The third-order valence-corrected chi connectivity index (χ3v) is 7.24. The minimum Gasteiger partial charge on any atom is -0.505 e. The fourth-order valence-corrected chi connectivity index (χ4v) is 5.08. The van der Waals surface area contributed by atoms with E-state index >= 15 is 0 Å². The Morgan fingerprint density at radius 2 is 1.69 bits per heavy atom. The number of aryl methyl sites for hydroxylation is 2. The van der Waals surface area contributed by atoms with E-state index in [0.717, 1.165) is 41.3 Å². The van der Waals surface area contributed by atoms with E-state index in [4.69, 9.17) is 0 Å². The summed E-state index contributed by atoms with van der Waals surface area (Å²) in [4.78, 5) is 26.0. The van der Waals surface area contributed by atoms with E-state index in [1.165, 1.54) is 38.1 Å². The molecule has 0 atom stereocenters. The lowest BCUT2D eigenvalue weighted by molar-refractivity contribution is -0.137. The smallest absolute Gasteiger partial charge is 0.416 e. The number of nitrogens with zero attached hydrogens (tertiary/aromatic N) is 2. The summed E-state index contributed by atoms with van der Waals surface area (Å²) in [7, 11) is 0. The van der Waals surface area contributed by atoms with Crippen LogP contribution in [-0.2, 0) is 15.8 Å². The molecule has 0 saturated heterocycles. The van der Waals surface area contributed by atoms with Gasteiger partial charge in [0.2, 0.25) is 5.91 Å². The van der Waals surface area contributed by atoms with Crippen LogP contribution in [0.2, 0.25) is 0 Å². The number of hydrazone groups is 1. The first-order valence-corrected chi connectivity index (χ1v) is 13.3. The zero-order valence-corrected chi connectivity index (χ0v) is 23.6. The second-order valence-corrected chi connectivity index (χ2v) is 10.4. The predicted molar refractivity (Wildman–Crippen MR) is 155 cm³/mol. The minimum absolute atomic E-state index is 0.0221. The van der Waals surface area contributed by atoms with Gasteiger partial charge in [0.25, 0.3) is 0 Å². The lowest BCUT2D eigenvalue weighted by Gasteiger charge is -2.31. The summed E-state index contributed by atoms with van der Waals surface area (Å²) in [6, 6.07) is 7.12. The van der Waals surface area contributed by atoms with Crippen LogP contribution in [0.1, 0.15) is 40.7 Å². The number of nitrogens with one attached hydrogen (secondary N) is 1. The monoisotopic (exact) mass is 627 g/mol. The molecule has 3 aromatic carbocycles. The molecule has 0 fully saturated rings. The Balaban J connectivity index is 1.59. The zero-order chi connectivity index (χ0) is 32.8. The number of carbonyl (C=O) groups is 2. The van der Waals surface area contributed by atoms with Crippen molar-refractivity contribution in [2.45, 2.75) is 32.9 Å². The molecule has 3 N–H and O–H groups in total. The number of aliphatic carboxylic acids is 1. The quantitative estimate of drug-likeness (QED) is 0.152. The van der Waals surface area contributed by atoms with Crippen LogP contribution in [0.15, 0.2) is 77.2 Å². The van der Waals surface area contributed by atoms with Crippen LogP contribution in [0.4, 0.5) is 43.4 Å². The van der Waals surface area contributed by atoms with Crippen molar-refractivity contribution in [2.24, 2.45) is 5.10 Å². The van der Waals surface area contributed by atoms with Crippen molar-refractivity contribution in [2.75, 3.05) is 10.3 Å². The van der Waals surface area contributed by atoms with Crippen LogP contribution in [0.3, 0.4) is 0 Å². The molecule has 45 heavy (non-hydrogen) atoms. The van der Waals surface area contributed by atoms with E-state index in [9.17, 15) is 46.1 Å². The first kappa shape index (κ1) is 31.1. The van der Waals surface area contributed by atoms with Gasteiger partial charge in [-0.2, -0.15) is 18.3 Å². The Morgan fingerprint density at radius 1 is 1.00 bits per heavy atom. The predicted octanol–water partition coefficient (Wildman–Crippen LogP) is 7.84. The fraction of sp³-hybridized carbons (Fsp3) is 0.156. The largest absolute Gasteiger partial charge is 0.505 e. The van der Waals surface area contributed by atoms with E-state index in [0.29, 0.717) is 0 Å². The number of fused-ring (bicyclic) bond motifs is 1. The molecule has 232 valence electrons. The molecule has 1 aliphatic carbocycles. The highest BCUT2D eigenvalue weighted by atomic mass is 19.4. The van der Waals surface area contributed by atoms with Gasteiger partial charge in [0.15, 0.2) is 0 Å².